The largest absolute Gasteiger partial charge is 0.462 e. The molecule has 3 heteroatoms. The van der Waals surface area contributed by atoms with E-state index in [-0.39, 0.29) is 12.1 Å². The van der Waals surface area contributed by atoms with Gasteiger partial charge < -0.3 is 4.74 Å². The highest BCUT2D eigenvalue weighted by Crippen LogP contribution is 2.38. The zero-order chi connectivity index (χ0) is 7.84. The third-order valence-electron chi connectivity index (χ3n) is 2.60. The lowest BCUT2D eigenvalue weighted by Gasteiger charge is -2.27. The highest BCUT2D eigenvalue weighted by Gasteiger charge is 2.40. The van der Waals surface area contributed by atoms with Crippen LogP contribution in [0.1, 0.15) is 25.7 Å². The molecule has 62 valence electrons. The summed E-state index contributed by atoms with van der Waals surface area (Å²) in [6, 6.07) is 0. The number of hydrogen-bond acceptors (Lipinski definition) is 2. The standard InChI is InChI=1S/C8H11BrO2/c9-6-2-1-3-7-5(6)4-8(10)11-7/h5-7H,1-4H2/t5-,6?,7+/m1/s1. The van der Waals surface area contributed by atoms with Crippen LogP contribution in [0.15, 0.2) is 0 Å². The molecule has 1 heterocycles. The molecule has 0 N–H and O–H groups in total. The molecule has 1 aliphatic carbocycles. The number of esters is 1. The van der Waals surface area contributed by atoms with E-state index >= 15 is 0 Å². The lowest BCUT2D eigenvalue weighted by molar-refractivity contribution is -0.141. The van der Waals surface area contributed by atoms with Gasteiger partial charge in [0, 0.05) is 10.7 Å². The van der Waals surface area contributed by atoms with Crippen molar-refractivity contribution >= 4 is 21.9 Å². The second kappa shape index (κ2) is 2.77. The van der Waals surface area contributed by atoms with E-state index in [0.29, 0.717) is 17.2 Å². The molecule has 1 aliphatic heterocycles. The van der Waals surface area contributed by atoms with E-state index in [1.807, 2.05) is 0 Å². The van der Waals surface area contributed by atoms with Gasteiger partial charge in [0.05, 0.1) is 6.42 Å². The van der Waals surface area contributed by atoms with Crippen molar-refractivity contribution in [3.63, 3.8) is 0 Å². The van der Waals surface area contributed by atoms with Gasteiger partial charge in [0.25, 0.3) is 0 Å². The Morgan fingerprint density at radius 1 is 1.45 bits per heavy atom. The number of halogens is 1. The number of ether oxygens (including phenoxy) is 1. The summed E-state index contributed by atoms with van der Waals surface area (Å²) in [7, 11) is 0. The van der Waals surface area contributed by atoms with Crippen molar-refractivity contribution in [2.45, 2.75) is 36.6 Å². The fourth-order valence-electron chi connectivity index (χ4n) is 1.99. The highest BCUT2D eigenvalue weighted by molar-refractivity contribution is 9.09. The van der Waals surface area contributed by atoms with Crippen LogP contribution in [0.5, 0.6) is 0 Å². The zero-order valence-corrected chi connectivity index (χ0v) is 7.84. The normalized spacial score (nSPS) is 43.4. The molecule has 3 atom stereocenters. The van der Waals surface area contributed by atoms with Gasteiger partial charge in [-0.15, -0.1) is 0 Å². The van der Waals surface area contributed by atoms with Crippen molar-refractivity contribution in [1.29, 1.82) is 0 Å². The smallest absolute Gasteiger partial charge is 0.306 e. The number of carbonyl (C=O) groups excluding carboxylic acids is 1. The Labute approximate surface area is 74.4 Å². The van der Waals surface area contributed by atoms with Crippen LogP contribution in [0, 0.1) is 5.92 Å². The number of rotatable bonds is 0. The molecule has 0 spiro atoms. The molecule has 0 amide bonds. The minimum absolute atomic E-state index is 0.00801. The maximum Gasteiger partial charge on any atom is 0.306 e. The topological polar surface area (TPSA) is 26.3 Å². The maximum absolute atomic E-state index is 10.9. The predicted octanol–water partition coefficient (Wildman–Crippen LogP) is 1.87. The average Bonchev–Trinajstić information content (AvgIpc) is 2.31. The average molecular weight is 219 g/mol. The molecule has 0 radical (unpaired) electrons. The summed E-state index contributed by atoms with van der Waals surface area (Å²) in [6.45, 7) is 0. The maximum atomic E-state index is 10.9. The Hall–Kier alpha value is -0.0500. The first-order valence-electron chi connectivity index (χ1n) is 4.11. The first-order valence-corrected chi connectivity index (χ1v) is 5.02. The quantitative estimate of drug-likeness (QED) is 0.459. The van der Waals surface area contributed by atoms with Crippen LogP contribution in [0.4, 0.5) is 0 Å². The van der Waals surface area contributed by atoms with Crippen LogP contribution in [0.2, 0.25) is 0 Å². The summed E-state index contributed by atoms with van der Waals surface area (Å²) < 4.78 is 5.17. The summed E-state index contributed by atoms with van der Waals surface area (Å²) in [5, 5.41) is 0. The number of alkyl halides is 1. The molecule has 0 aromatic rings. The van der Waals surface area contributed by atoms with Crippen molar-refractivity contribution in [3.8, 4) is 0 Å². The molecule has 2 rings (SSSR count). The van der Waals surface area contributed by atoms with Crippen molar-refractivity contribution in [2.24, 2.45) is 5.92 Å². The van der Waals surface area contributed by atoms with E-state index < -0.39 is 0 Å². The Bertz CT molecular complexity index is 181. The van der Waals surface area contributed by atoms with Gasteiger partial charge in [-0.1, -0.05) is 15.9 Å². The predicted molar refractivity (Wildman–Crippen MR) is 44.6 cm³/mol. The Kier molecular flexibility index (Phi) is 1.91. The number of hydrogen-bond donors (Lipinski definition) is 0. The van der Waals surface area contributed by atoms with E-state index in [1.54, 1.807) is 0 Å². The van der Waals surface area contributed by atoms with Crippen LogP contribution < -0.4 is 0 Å². The summed E-state index contributed by atoms with van der Waals surface area (Å²) in [6.07, 6.45) is 4.29. The van der Waals surface area contributed by atoms with Crippen molar-refractivity contribution in [3.05, 3.63) is 0 Å². The summed E-state index contributed by atoms with van der Waals surface area (Å²) in [4.78, 5) is 11.4. The fraction of sp³-hybridized carbons (Fsp3) is 0.875. The monoisotopic (exact) mass is 218 g/mol. The zero-order valence-electron chi connectivity index (χ0n) is 6.25. The summed E-state index contributed by atoms with van der Waals surface area (Å²) in [5.74, 6) is 0.447. The third kappa shape index (κ3) is 1.31. The molecule has 0 aromatic carbocycles. The van der Waals surface area contributed by atoms with Gasteiger partial charge in [0.1, 0.15) is 6.10 Å². The van der Waals surface area contributed by atoms with E-state index in [4.69, 9.17) is 4.74 Å². The van der Waals surface area contributed by atoms with Crippen LogP contribution in [-0.2, 0) is 9.53 Å². The first kappa shape index (κ1) is 7.59. The minimum Gasteiger partial charge on any atom is -0.462 e. The molecule has 2 nitrogen and oxygen atoms in total. The van der Waals surface area contributed by atoms with Crippen LogP contribution in [0.25, 0.3) is 0 Å². The van der Waals surface area contributed by atoms with E-state index in [2.05, 4.69) is 15.9 Å². The summed E-state index contributed by atoms with van der Waals surface area (Å²) >= 11 is 3.59. The van der Waals surface area contributed by atoms with Crippen molar-refractivity contribution in [2.75, 3.05) is 0 Å². The van der Waals surface area contributed by atoms with E-state index in [9.17, 15) is 4.79 Å². The second-order valence-corrected chi connectivity index (χ2v) is 4.52. The Morgan fingerprint density at radius 3 is 3.00 bits per heavy atom. The number of carbonyl (C=O) groups is 1. The van der Waals surface area contributed by atoms with Gasteiger partial charge in [0.2, 0.25) is 0 Å². The molecule has 1 saturated carbocycles. The second-order valence-electron chi connectivity index (χ2n) is 3.34. The molecule has 11 heavy (non-hydrogen) atoms. The molecule has 2 aliphatic rings. The molecular weight excluding hydrogens is 208 g/mol. The van der Waals surface area contributed by atoms with Gasteiger partial charge in [-0.25, -0.2) is 0 Å². The Balaban J connectivity index is 2.09. The SMILES string of the molecule is O=C1C[C@@H]2C(Br)CCC[C@@H]2O1. The lowest BCUT2D eigenvalue weighted by Crippen LogP contribution is -2.28. The van der Waals surface area contributed by atoms with Crippen molar-refractivity contribution in [1.82, 2.24) is 0 Å². The van der Waals surface area contributed by atoms with Crippen LogP contribution in [-0.4, -0.2) is 16.9 Å². The van der Waals surface area contributed by atoms with Crippen LogP contribution in [0.3, 0.4) is 0 Å². The lowest BCUT2D eigenvalue weighted by atomic mass is 9.86. The van der Waals surface area contributed by atoms with Crippen molar-refractivity contribution < 1.29 is 9.53 Å². The van der Waals surface area contributed by atoms with Gasteiger partial charge in [-0.05, 0) is 19.3 Å². The third-order valence-corrected chi connectivity index (χ3v) is 3.73. The van der Waals surface area contributed by atoms with E-state index in [0.717, 1.165) is 6.42 Å². The van der Waals surface area contributed by atoms with Gasteiger partial charge in [-0.3, -0.25) is 4.79 Å². The van der Waals surface area contributed by atoms with E-state index in [1.165, 1.54) is 12.8 Å². The molecule has 0 bridgehead atoms. The minimum atomic E-state index is -0.00801. The van der Waals surface area contributed by atoms with Crippen LogP contribution >= 0.6 is 15.9 Å². The Morgan fingerprint density at radius 2 is 2.27 bits per heavy atom. The molecule has 0 aromatic heterocycles. The molecule has 1 saturated heterocycles. The number of fused-ring (bicyclic) bond motifs is 1. The van der Waals surface area contributed by atoms with Gasteiger partial charge >= 0.3 is 5.97 Å². The fourth-order valence-corrected chi connectivity index (χ4v) is 2.84. The summed E-state index contributed by atoms with van der Waals surface area (Å²) in [5.41, 5.74) is 0. The highest BCUT2D eigenvalue weighted by atomic mass is 79.9. The first-order chi connectivity index (χ1) is 5.27. The van der Waals surface area contributed by atoms with Gasteiger partial charge in [-0.2, -0.15) is 0 Å². The molecular formula is C8H11BrO2. The molecule has 1 unspecified atom stereocenters. The molecule has 2 fully saturated rings. The van der Waals surface area contributed by atoms with Gasteiger partial charge in [0.15, 0.2) is 0 Å².